The molecule has 4 aromatic rings. The highest BCUT2D eigenvalue weighted by molar-refractivity contribution is 8.00. The third-order valence-corrected chi connectivity index (χ3v) is 6.92. The van der Waals surface area contributed by atoms with Crippen LogP contribution in [0.15, 0.2) is 102 Å². The maximum absolute atomic E-state index is 13.5. The molecule has 0 spiro atoms. The number of carbonyl (C=O) groups is 2. The zero-order valence-corrected chi connectivity index (χ0v) is 19.7. The number of nitrogens with zero attached hydrogens (tertiary/aromatic N) is 1. The lowest BCUT2D eigenvalue weighted by molar-refractivity contribution is -0.115. The number of benzene rings is 4. The van der Waals surface area contributed by atoms with Gasteiger partial charge >= 0.3 is 0 Å². The second-order valence-electron chi connectivity index (χ2n) is 8.26. The molecule has 0 unspecified atom stereocenters. The van der Waals surface area contributed by atoms with Crippen LogP contribution in [0.3, 0.4) is 0 Å². The van der Waals surface area contributed by atoms with Crippen molar-refractivity contribution in [1.82, 2.24) is 0 Å². The second kappa shape index (κ2) is 10.2. The van der Waals surface area contributed by atoms with Crippen molar-refractivity contribution in [3.05, 3.63) is 120 Å². The van der Waals surface area contributed by atoms with Crippen LogP contribution in [0.5, 0.6) is 0 Å². The Morgan fingerprint density at radius 2 is 1.43 bits per heavy atom. The van der Waals surface area contributed by atoms with Crippen molar-refractivity contribution < 1.29 is 14.0 Å². The van der Waals surface area contributed by atoms with Gasteiger partial charge in [0, 0.05) is 16.1 Å². The second-order valence-corrected chi connectivity index (χ2v) is 9.31. The molecule has 5 rings (SSSR count). The van der Waals surface area contributed by atoms with E-state index < -0.39 is 0 Å². The highest BCUT2D eigenvalue weighted by atomic mass is 32.2. The van der Waals surface area contributed by atoms with Crippen molar-refractivity contribution >= 4 is 40.6 Å². The van der Waals surface area contributed by atoms with E-state index in [1.807, 2.05) is 59.5 Å². The van der Waals surface area contributed by atoms with E-state index in [1.54, 1.807) is 6.07 Å². The maximum Gasteiger partial charge on any atom is 0.255 e. The van der Waals surface area contributed by atoms with Crippen LogP contribution in [-0.2, 0) is 17.6 Å². The van der Waals surface area contributed by atoms with Gasteiger partial charge in [-0.05, 0) is 78.6 Å². The Balaban J connectivity index is 1.32. The van der Waals surface area contributed by atoms with E-state index in [2.05, 4.69) is 17.4 Å². The van der Waals surface area contributed by atoms with Crippen molar-refractivity contribution in [3.63, 3.8) is 0 Å². The Kier molecular flexibility index (Phi) is 6.64. The number of hydrogen-bond donors (Lipinski definition) is 1. The fourth-order valence-electron chi connectivity index (χ4n) is 4.23. The highest BCUT2D eigenvalue weighted by Crippen LogP contribution is 2.37. The number of para-hydroxylation sites is 2. The summed E-state index contributed by atoms with van der Waals surface area (Å²) in [6.07, 6.45) is 1.78. The minimum atomic E-state index is -0.390. The molecule has 6 heteroatoms. The summed E-state index contributed by atoms with van der Waals surface area (Å²) >= 11 is 1.43. The summed E-state index contributed by atoms with van der Waals surface area (Å²) in [7, 11) is 0. The topological polar surface area (TPSA) is 49.4 Å². The zero-order valence-electron chi connectivity index (χ0n) is 18.9. The summed E-state index contributed by atoms with van der Waals surface area (Å²) in [5, 5.41) is 2.83. The van der Waals surface area contributed by atoms with Crippen molar-refractivity contribution in [2.45, 2.75) is 17.7 Å². The largest absolute Gasteiger partial charge is 0.322 e. The number of carbonyl (C=O) groups excluding carboxylic acids is 2. The molecule has 0 aliphatic carbocycles. The van der Waals surface area contributed by atoms with E-state index in [9.17, 15) is 14.0 Å². The normalized spacial score (nSPS) is 12.3. The van der Waals surface area contributed by atoms with E-state index in [-0.39, 0.29) is 23.4 Å². The molecule has 1 N–H and O–H groups in total. The van der Waals surface area contributed by atoms with Crippen molar-refractivity contribution in [1.29, 1.82) is 0 Å². The first kappa shape index (κ1) is 22.9. The van der Waals surface area contributed by atoms with E-state index in [0.29, 0.717) is 11.3 Å². The molecule has 1 aliphatic rings. The van der Waals surface area contributed by atoms with E-state index in [0.717, 1.165) is 40.2 Å². The van der Waals surface area contributed by atoms with Crippen molar-refractivity contribution in [2.24, 2.45) is 0 Å². The van der Waals surface area contributed by atoms with Gasteiger partial charge in [0.1, 0.15) is 5.82 Å². The molecule has 0 aromatic heterocycles. The summed E-state index contributed by atoms with van der Waals surface area (Å²) in [4.78, 5) is 28.7. The Hall–Kier alpha value is -3.90. The van der Waals surface area contributed by atoms with E-state index >= 15 is 0 Å². The number of rotatable bonds is 5. The van der Waals surface area contributed by atoms with Crippen LogP contribution in [0.2, 0.25) is 0 Å². The Bertz CT molecular complexity index is 1340. The molecule has 0 bridgehead atoms. The molecule has 0 fully saturated rings. The molecule has 0 saturated carbocycles. The maximum atomic E-state index is 13.5. The van der Waals surface area contributed by atoms with Crippen molar-refractivity contribution in [3.8, 4) is 0 Å². The lowest BCUT2D eigenvalue weighted by Crippen LogP contribution is -2.28. The van der Waals surface area contributed by atoms with Gasteiger partial charge < -0.3 is 5.32 Å². The van der Waals surface area contributed by atoms with Gasteiger partial charge in [0.25, 0.3) is 5.91 Å². The fraction of sp³-hybridized carbons (Fsp3) is 0.103. The van der Waals surface area contributed by atoms with Crippen LogP contribution < -0.4 is 10.2 Å². The summed E-state index contributed by atoms with van der Waals surface area (Å²) in [5.41, 5.74) is 5.17. The van der Waals surface area contributed by atoms with Crippen LogP contribution in [-0.4, -0.2) is 17.6 Å². The molecule has 1 aliphatic heterocycles. The molecular weight excluding hydrogens is 459 g/mol. The monoisotopic (exact) mass is 482 g/mol. The smallest absolute Gasteiger partial charge is 0.255 e. The molecule has 35 heavy (non-hydrogen) atoms. The summed E-state index contributed by atoms with van der Waals surface area (Å²) in [6.45, 7) is 0. The lowest BCUT2D eigenvalue weighted by Gasteiger charge is -2.25. The summed E-state index contributed by atoms with van der Waals surface area (Å²) < 4.78 is 13.1. The van der Waals surface area contributed by atoms with E-state index in [1.165, 1.54) is 36.0 Å². The average molecular weight is 483 g/mol. The molecule has 2 amide bonds. The van der Waals surface area contributed by atoms with Crippen molar-refractivity contribution in [2.75, 3.05) is 16.0 Å². The van der Waals surface area contributed by atoms with Gasteiger partial charge in [0.05, 0.1) is 17.1 Å². The predicted molar refractivity (Wildman–Crippen MR) is 139 cm³/mol. The Morgan fingerprint density at radius 1 is 0.800 bits per heavy atom. The average Bonchev–Trinajstić information content (AvgIpc) is 3.05. The van der Waals surface area contributed by atoms with Crippen LogP contribution in [0.25, 0.3) is 0 Å². The quantitative estimate of drug-likeness (QED) is 0.325. The first-order chi connectivity index (χ1) is 17.1. The van der Waals surface area contributed by atoms with E-state index in [4.69, 9.17) is 0 Å². The van der Waals surface area contributed by atoms with Crippen LogP contribution in [0.4, 0.5) is 21.5 Å². The molecule has 0 radical (unpaired) electrons. The summed E-state index contributed by atoms with van der Waals surface area (Å²) in [5.74, 6) is -0.462. The molecule has 4 nitrogen and oxygen atoms in total. The number of hydrogen-bond acceptors (Lipinski definition) is 3. The molecule has 174 valence electrons. The third kappa shape index (κ3) is 5.12. The van der Waals surface area contributed by atoms with Gasteiger partial charge in [-0.1, -0.05) is 42.5 Å². The SMILES string of the molecule is O=C(Nc1cccc(SCC(=O)N2c3ccccc3CCc3ccccc32)c1)c1ccc(F)cc1. The number of halogens is 1. The van der Waals surface area contributed by atoms with Gasteiger partial charge in [-0.25, -0.2) is 4.39 Å². The van der Waals surface area contributed by atoms with Gasteiger partial charge in [-0.15, -0.1) is 11.8 Å². The molecular formula is C29H23FN2O2S. The fourth-order valence-corrected chi connectivity index (χ4v) is 5.03. The van der Waals surface area contributed by atoms with Gasteiger partial charge in [-0.3, -0.25) is 14.5 Å². The number of anilines is 3. The Morgan fingerprint density at radius 3 is 2.09 bits per heavy atom. The Labute approximate surface area is 207 Å². The van der Waals surface area contributed by atoms with Gasteiger partial charge in [-0.2, -0.15) is 0 Å². The molecule has 4 aromatic carbocycles. The van der Waals surface area contributed by atoms with Crippen LogP contribution in [0.1, 0.15) is 21.5 Å². The molecule has 0 saturated heterocycles. The third-order valence-electron chi connectivity index (χ3n) is 5.94. The first-order valence-corrected chi connectivity index (χ1v) is 12.4. The minimum Gasteiger partial charge on any atom is -0.322 e. The number of fused-ring (bicyclic) bond motifs is 2. The standard InChI is InChI=1S/C29H23FN2O2S/c30-23-16-14-22(15-17-23)29(34)31-24-8-5-9-25(18-24)35-19-28(33)32-26-10-3-1-6-20(26)12-13-21-7-2-4-11-27(21)32/h1-11,14-18H,12-13,19H2,(H,31,34). The molecule has 0 atom stereocenters. The van der Waals surface area contributed by atoms with Gasteiger partial charge in [0.2, 0.25) is 5.91 Å². The number of amides is 2. The molecule has 1 heterocycles. The lowest BCUT2D eigenvalue weighted by atomic mass is 10.0. The van der Waals surface area contributed by atoms with Gasteiger partial charge in [0.15, 0.2) is 0 Å². The highest BCUT2D eigenvalue weighted by Gasteiger charge is 2.25. The summed E-state index contributed by atoms with van der Waals surface area (Å²) in [6, 6.07) is 28.9. The first-order valence-electron chi connectivity index (χ1n) is 11.4. The number of aryl methyl sites for hydroxylation is 2. The minimum absolute atomic E-state index is 0.00227. The van der Waals surface area contributed by atoms with Crippen LogP contribution >= 0.6 is 11.8 Å². The number of nitrogens with one attached hydrogen (secondary N) is 1. The zero-order chi connectivity index (χ0) is 24.2. The number of thioether (sulfide) groups is 1. The predicted octanol–water partition coefficient (Wildman–Crippen LogP) is 6.63. The van der Waals surface area contributed by atoms with Crippen LogP contribution in [0, 0.1) is 5.82 Å².